The molecule has 2 rings (SSSR count). The lowest BCUT2D eigenvalue weighted by atomic mass is 10.1. The van der Waals surface area contributed by atoms with E-state index in [1.165, 1.54) is 5.56 Å². The van der Waals surface area contributed by atoms with Crippen LogP contribution in [0.25, 0.3) is 0 Å². The highest BCUT2D eigenvalue weighted by atomic mass is 16.5. The van der Waals surface area contributed by atoms with Gasteiger partial charge in [0.15, 0.2) is 5.78 Å². The molecule has 21 heavy (non-hydrogen) atoms. The predicted molar refractivity (Wildman–Crippen MR) is 83.5 cm³/mol. The van der Waals surface area contributed by atoms with Crippen LogP contribution in [0, 0.1) is 0 Å². The van der Waals surface area contributed by atoms with Crippen LogP contribution in [0.15, 0.2) is 48.5 Å². The summed E-state index contributed by atoms with van der Waals surface area (Å²) in [6.07, 6.45) is 0. The number of methoxy groups -OCH3 is 1. The van der Waals surface area contributed by atoms with Crippen LogP contribution in [-0.4, -0.2) is 12.9 Å². The second-order valence-electron chi connectivity index (χ2n) is 5.23. The molecule has 0 aliphatic carbocycles. The first-order chi connectivity index (χ1) is 10.1. The van der Waals surface area contributed by atoms with E-state index in [1.807, 2.05) is 24.3 Å². The minimum atomic E-state index is 0.0322. The lowest BCUT2D eigenvalue weighted by Crippen LogP contribution is -2.83. The molecule has 3 heteroatoms. The predicted octanol–water partition coefficient (Wildman–Crippen LogP) is 2.72. The molecule has 0 radical (unpaired) electrons. The standard InChI is InChI=1S/C18H21NO2/c1-13(16-7-5-4-6-8-16)19-12-15-9-10-18(21-3)17(11-15)14(2)20/h4-11,13,19H,12H2,1-3H3/p+1/t13-/m0/s1. The first-order valence-corrected chi connectivity index (χ1v) is 7.18. The van der Waals surface area contributed by atoms with Crippen LogP contribution < -0.4 is 10.1 Å². The summed E-state index contributed by atoms with van der Waals surface area (Å²) >= 11 is 0. The van der Waals surface area contributed by atoms with Crippen molar-refractivity contribution in [1.82, 2.24) is 0 Å². The molecule has 2 aromatic carbocycles. The quantitative estimate of drug-likeness (QED) is 0.829. The molecule has 0 saturated heterocycles. The molecule has 2 aromatic rings. The Morgan fingerprint density at radius 1 is 1.19 bits per heavy atom. The summed E-state index contributed by atoms with van der Waals surface area (Å²) in [6, 6.07) is 16.6. The number of hydrogen-bond donors (Lipinski definition) is 1. The average molecular weight is 284 g/mol. The molecule has 0 aliphatic heterocycles. The summed E-state index contributed by atoms with van der Waals surface area (Å²) in [5.41, 5.74) is 3.08. The molecule has 2 N–H and O–H groups in total. The van der Waals surface area contributed by atoms with E-state index in [1.54, 1.807) is 14.0 Å². The summed E-state index contributed by atoms with van der Waals surface area (Å²) in [4.78, 5) is 11.6. The van der Waals surface area contributed by atoms with E-state index in [2.05, 4.69) is 36.5 Å². The third-order valence-electron chi connectivity index (χ3n) is 3.68. The van der Waals surface area contributed by atoms with Gasteiger partial charge in [-0.05, 0) is 32.0 Å². The molecule has 0 aliphatic rings. The van der Waals surface area contributed by atoms with Gasteiger partial charge in [0.05, 0.1) is 12.7 Å². The molecule has 0 aromatic heterocycles. The fourth-order valence-corrected chi connectivity index (χ4v) is 2.36. The Kier molecular flexibility index (Phi) is 5.12. The molecule has 1 atom stereocenters. The van der Waals surface area contributed by atoms with Gasteiger partial charge in [0, 0.05) is 11.1 Å². The Balaban J connectivity index is 2.07. The van der Waals surface area contributed by atoms with Gasteiger partial charge in [0.2, 0.25) is 0 Å². The lowest BCUT2D eigenvalue weighted by molar-refractivity contribution is -0.707. The van der Waals surface area contributed by atoms with E-state index in [0.717, 1.165) is 12.1 Å². The summed E-state index contributed by atoms with van der Waals surface area (Å²) in [7, 11) is 1.59. The van der Waals surface area contributed by atoms with Gasteiger partial charge in [-0.1, -0.05) is 30.3 Å². The largest absolute Gasteiger partial charge is 0.496 e. The van der Waals surface area contributed by atoms with Crippen molar-refractivity contribution in [3.05, 3.63) is 65.2 Å². The minimum Gasteiger partial charge on any atom is -0.496 e. The lowest BCUT2D eigenvalue weighted by Gasteiger charge is -2.12. The molecule has 0 fully saturated rings. The first-order valence-electron chi connectivity index (χ1n) is 7.18. The van der Waals surface area contributed by atoms with Crippen LogP contribution >= 0.6 is 0 Å². The first kappa shape index (κ1) is 15.3. The highest BCUT2D eigenvalue weighted by Crippen LogP contribution is 2.20. The second-order valence-corrected chi connectivity index (χ2v) is 5.23. The van der Waals surface area contributed by atoms with Crippen molar-refractivity contribution in [3.63, 3.8) is 0 Å². The molecular weight excluding hydrogens is 262 g/mol. The van der Waals surface area contributed by atoms with Gasteiger partial charge in [-0.25, -0.2) is 0 Å². The van der Waals surface area contributed by atoms with Crippen molar-refractivity contribution in [2.24, 2.45) is 0 Å². The Bertz CT molecular complexity index is 608. The van der Waals surface area contributed by atoms with E-state index in [4.69, 9.17) is 4.74 Å². The van der Waals surface area contributed by atoms with Gasteiger partial charge in [-0.3, -0.25) is 4.79 Å². The van der Waals surface area contributed by atoms with Crippen molar-refractivity contribution in [2.45, 2.75) is 26.4 Å². The zero-order valence-electron chi connectivity index (χ0n) is 12.8. The summed E-state index contributed by atoms with van der Waals surface area (Å²) in [6.45, 7) is 4.59. The highest BCUT2D eigenvalue weighted by molar-refractivity contribution is 5.97. The van der Waals surface area contributed by atoms with E-state index in [0.29, 0.717) is 17.4 Å². The van der Waals surface area contributed by atoms with Crippen molar-refractivity contribution in [3.8, 4) is 5.75 Å². The van der Waals surface area contributed by atoms with Gasteiger partial charge in [-0.2, -0.15) is 0 Å². The molecule has 0 bridgehead atoms. The molecule has 0 unspecified atom stereocenters. The number of quaternary nitrogens is 1. The van der Waals surface area contributed by atoms with Crippen LogP contribution in [-0.2, 0) is 6.54 Å². The maximum Gasteiger partial charge on any atom is 0.163 e. The number of ether oxygens (including phenoxy) is 1. The topological polar surface area (TPSA) is 42.9 Å². The third-order valence-corrected chi connectivity index (χ3v) is 3.68. The third kappa shape index (κ3) is 3.92. The number of nitrogens with two attached hydrogens (primary N) is 1. The molecule has 0 spiro atoms. The molecular formula is C18H22NO2+. The summed E-state index contributed by atoms with van der Waals surface area (Å²) in [5, 5.41) is 2.26. The zero-order valence-corrected chi connectivity index (χ0v) is 12.8. The zero-order chi connectivity index (χ0) is 15.2. The Hall–Kier alpha value is -2.13. The minimum absolute atomic E-state index is 0.0322. The van der Waals surface area contributed by atoms with Crippen LogP contribution in [0.5, 0.6) is 5.75 Å². The smallest absolute Gasteiger partial charge is 0.163 e. The number of benzene rings is 2. The van der Waals surface area contributed by atoms with Crippen LogP contribution in [0.4, 0.5) is 0 Å². The monoisotopic (exact) mass is 284 g/mol. The van der Waals surface area contributed by atoms with Crippen molar-refractivity contribution in [2.75, 3.05) is 7.11 Å². The molecule has 0 saturated carbocycles. The fraction of sp³-hybridized carbons (Fsp3) is 0.278. The van der Waals surface area contributed by atoms with E-state index < -0.39 is 0 Å². The van der Waals surface area contributed by atoms with E-state index in [9.17, 15) is 4.79 Å². The highest BCUT2D eigenvalue weighted by Gasteiger charge is 2.11. The summed E-state index contributed by atoms with van der Waals surface area (Å²) in [5.74, 6) is 0.673. The van der Waals surface area contributed by atoms with E-state index in [-0.39, 0.29) is 5.78 Å². The van der Waals surface area contributed by atoms with Crippen LogP contribution in [0.1, 0.15) is 41.4 Å². The second kappa shape index (κ2) is 7.04. The van der Waals surface area contributed by atoms with Gasteiger partial charge in [0.1, 0.15) is 18.3 Å². The van der Waals surface area contributed by atoms with Crippen molar-refractivity contribution >= 4 is 5.78 Å². The van der Waals surface area contributed by atoms with Crippen molar-refractivity contribution in [1.29, 1.82) is 0 Å². The van der Waals surface area contributed by atoms with Crippen LogP contribution in [0.3, 0.4) is 0 Å². The van der Waals surface area contributed by atoms with Gasteiger partial charge in [0.25, 0.3) is 0 Å². The van der Waals surface area contributed by atoms with Gasteiger partial charge in [-0.15, -0.1) is 0 Å². The normalized spacial score (nSPS) is 12.0. The van der Waals surface area contributed by atoms with E-state index >= 15 is 0 Å². The number of carbonyl (C=O) groups is 1. The number of rotatable bonds is 6. The Morgan fingerprint density at radius 2 is 1.90 bits per heavy atom. The molecule has 3 nitrogen and oxygen atoms in total. The van der Waals surface area contributed by atoms with Crippen LogP contribution in [0.2, 0.25) is 0 Å². The van der Waals surface area contributed by atoms with Gasteiger partial charge < -0.3 is 10.1 Å². The maximum atomic E-state index is 11.6. The Morgan fingerprint density at radius 3 is 2.52 bits per heavy atom. The summed E-state index contributed by atoms with van der Waals surface area (Å²) < 4.78 is 5.23. The molecule has 110 valence electrons. The van der Waals surface area contributed by atoms with Crippen molar-refractivity contribution < 1.29 is 14.8 Å². The van der Waals surface area contributed by atoms with Gasteiger partial charge >= 0.3 is 0 Å². The molecule has 0 heterocycles. The number of carbonyl (C=O) groups excluding carboxylic acids is 1. The average Bonchev–Trinajstić information content (AvgIpc) is 2.53. The number of ketones is 1. The SMILES string of the molecule is COc1ccc(C[NH2+][C@@H](C)c2ccccc2)cc1C(C)=O. The Labute approximate surface area is 126 Å². The maximum absolute atomic E-state index is 11.6. The fourth-order valence-electron chi connectivity index (χ4n) is 2.36. The number of hydrogen-bond acceptors (Lipinski definition) is 2. The number of Topliss-reactive ketones (excluding diaryl/α,β-unsaturated/α-hetero) is 1. The molecule has 0 amide bonds.